The van der Waals surface area contributed by atoms with Gasteiger partial charge in [0.15, 0.2) is 11.1 Å². The fourth-order valence-electron chi connectivity index (χ4n) is 2.98. The predicted octanol–water partition coefficient (Wildman–Crippen LogP) is 4.23. The van der Waals surface area contributed by atoms with Gasteiger partial charge in [-0.3, -0.25) is 20.6 Å². The molecule has 0 bridgehead atoms. The average molecular weight is 528 g/mol. The van der Waals surface area contributed by atoms with E-state index in [1.54, 1.807) is 0 Å². The summed E-state index contributed by atoms with van der Waals surface area (Å²) in [6, 6.07) is 4.95. The molecule has 10 nitrogen and oxygen atoms in total. The molecule has 1 saturated carbocycles. The van der Waals surface area contributed by atoms with Crippen LogP contribution >= 0.6 is 11.8 Å². The largest absolute Gasteiger partial charge is 0.494 e. The molecule has 0 radical (unpaired) electrons. The zero-order valence-electron chi connectivity index (χ0n) is 19.8. The minimum absolute atomic E-state index is 0.00876. The lowest BCUT2D eigenvalue weighted by molar-refractivity contribution is 0.100. The summed E-state index contributed by atoms with van der Waals surface area (Å²) in [5.41, 5.74) is 11.5. The molecule has 1 aromatic carbocycles. The molecule has 3 rings (SSSR count). The predicted molar refractivity (Wildman–Crippen MR) is 139 cm³/mol. The number of nitrogens with two attached hydrogens (primary N) is 2. The molecule has 1 fully saturated rings. The van der Waals surface area contributed by atoms with Crippen LogP contribution in [0.3, 0.4) is 0 Å². The molecule has 0 saturated heterocycles. The number of aliphatic imine (C=N–C) groups is 2. The van der Waals surface area contributed by atoms with Crippen molar-refractivity contribution in [3.8, 4) is 28.7 Å². The molecule has 0 unspecified atom stereocenters. The van der Waals surface area contributed by atoms with Crippen molar-refractivity contribution in [1.82, 2.24) is 4.98 Å². The van der Waals surface area contributed by atoms with Crippen molar-refractivity contribution >= 4 is 45.5 Å². The first-order valence-corrected chi connectivity index (χ1v) is 11.6. The number of alkyl halides is 2. The quantitative estimate of drug-likeness (QED) is 0.256. The molecule has 0 atom stereocenters. The average Bonchev–Trinajstić information content (AvgIpc) is 3.66. The van der Waals surface area contributed by atoms with Crippen LogP contribution in [-0.4, -0.2) is 40.1 Å². The minimum Gasteiger partial charge on any atom is -0.494 e. The summed E-state index contributed by atoms with van der Waals surface area (Å²) in [6.07, 6.45) is 0.239. The number of rotatable bonds is 5. The van der Waals surface area contributed by atoms with E-state index in [4.69, 9.17) is 31.8 Å². The highest BCUT2D eigenvalue weighted by Gasteiger charge is 2.21. The molecule has 1 heterocycles. The molecule has 13 heteroatoms. The standard InChI is InChI=1S/C24H23F2N7O3S/c1-12(27)36-23(29)32-14-6-7-15(22(34)33-24(30)37-20(28)8-5-13-3-4-13)16(9-14)17-10-18(21(25)26)31-11-19(17)35-2/h6-7,9-11,13,21,27-28H,3-4H2,1-2H3,(H2,29,32)(H2,30,33,34). The van der Waals surface area contributed by atoms with E-state index in [9.17, 15) is 13.6 Å². The van der Waals surface area contributed by atoms with Crippen LogP contribution in [-0.2, 0) is 4.74 Å². The highest BCUT2D eigenvalue weighted by Crippen LogP contribution is 2.37. The Balaban J connectivity index is 2.05. The van der Waals surface area contributed by atoms with Crippen LogP contribution in [0.4, 0.5) is 14.5 Å². The lowest BCUT2D eigenvalue weighted by atomic mass is 9.97. The Hall–Kier alpha value is -4.31. The number of carbonyl (C=O) groups excluding carboxylic acids is 1. The van der Waals surface area contributed by atoms with E-state index in [-0.39, 0.29) is 50.3 Å². The fourth-order valence-corrected chi connectivity index (χ4v) is 3.43. The van der Waals surface area contributed by atoms with E-state index in [1.165, 1.54) is 32.2 Å². The van der Waals surface area contributed by atoms with Crippen LogP contribution in [0.5, 0.6) is 5.75 Å². The highest BCUT2D eigenvalue weighted by atomic mass is 32.2. The molecule has 1 amide bonds. The van der Waals surface area contributed by atoms with Gasteiger partial charge in [-0.2, -0.15) is 9.98 Å². The van der Waals surface area contributed by atoms with Gasteiger partial charge in [0, 0.05) is 29.5 Å². The third-order valence-corrected chi connectivity index (χ3v) is 5.34. The normalized spacial score (nSPS) is 13.5. The van der Waals surface area contributed by atoms with Crippen LogP contribution in [0.25, 0.3) is 11.1 Å². The number of benzene rings is 1. The number of ether oxygens (including phenoxy) is 2. The van der Waals surface area contributed by atoms with Crippen LogP contribution < -0.4 is 16.2 Å². The number of nitrogens with one attached hydrogen (secondary N) is 2. The molecule has 37 heavy (non-hydrogen) atoms. The first kappa shape index (κ1) is 27.3. The Morgan fingerprint density at radius 1 is 1.24 bits per heavy atom. The van der Waals surface area contributed by atoms with Crippen LogP contribution in [0, 0.1) is 28.6 Å². The Morgan fingerprint density at radius 3 is 2.59 bits per heavy atom. The topological polar surface area (TPSA) is 173 Å². The van der Waals surface area contributed by atoms with Gasteiger partial charge in [0.25, 0.3) is 18.4 Å². The van der Waals surface area contributed by atoms with Crippen molar-refractivity contribution < 1.29 is 23.0 Å². The summed E-state index contributed by atoms with van der Waals surface area (Å²) >= 11 is 0.733. The number of aromatic nitrogens is 1. The number of hydrogen-bond donors (Lipinski definition) is 4. The second kappa shape index (κ2) is 12.1. The molecule has 0 spiro atoms. The van der Waals surface area contributed by atoms with Gasteiger partial charge in [-0.25, -0.2) is 8.78 Å². The van der Waals surface area contributed by atoms with E-state index in [0.29, 0.717) is 5.92 Å². The number of nitrogens with zero attached hydrogens (tertiary/aromatic N) is 3. The van der Waals surface area contributed by atoms with Gasteiger partial charge in [0.1, 0.15) is 16.5 Å². The molecule has 1 aromatic heterocycles. The van der Waals surface area contributed by atoms with Crippen molar-refractivity contribution in [3.05, 3.63) is 41.7 Å². The molecule has 2 aromatic rings. The number of carbonyl (C=O) groups is 1. The Labute approximate surface area is 215 Å². The Kier molecular flexibility index (Phi) is 8.91. The number of hydrogen-bond acceptors (Lipinski definition) is 8. The van der Waals surface area contributed by atoms with Crippen molar-refractivity contribution in [2.45, 2.75) is 26.2 Å². The minimum atomic E-state index is -2.88. The number of methoxy groups -OCH3 is 1. The van der Waals surface area contributed by atoms with Crippen molar-refractivity contribution in [3.63, 3.8) is 0 Å². The lowest BCUT2D eigenvalue weighted by Gasteiger charge is -2.14. The van der Waals surface area contributed by atoms with Gasteiger partial charge in [0.05, 0.1) is 19.0 Å². The zero-order valence-corrected chi connectivity index (χ0v) is 20.7. The van der Waals surface area contributed by atoms with Gasteiger partial charge < -0.3 is 20.9 Å². The van der Waals surface area contributed by atoms with Gasteiger partial charge in [-0.1, -0.05) is 5.92 Å². The summed E-state index contributed by atoms with van der Waals surface area (Å²) in [5.74, 6) is 5.01. The monoisotopic (exact) mass is 527 g/mol. The maximum absolute atomic E-state index is 13.4. The fraction of sp³-hybridized carbons (Fsp3) is 0.250. The highest BCUT2D eigenvalue weighted by molar-refractivity contribution is 8.26. The molecular weight excluding hydrogens is 504 g/mol. The summed E-state index contributed by atoms with van der Waals surface area (Å²) in [4.78, 5) is 24.7. The van der Waals surface area contributed by atoms with Crippen molar-refractivity contribution in [1.29, 1.82) is 10.8 Å². The van der Waals surface area contributed by atoms with Crippen molar-refractivity contribution in [2.75, 3.05) is 7.11 Å². The van der Waals surface area contributed by atoms with E-state index >= 15 is 0 Å². The van der Waals surface area contributed by atoms with Gasteiger partial charge in [-0.05, 0) is 54.8 Å². The molecule has 192 valence electrons. The van der Waals surface area contributed by atoms with Crippen LogP contribution in [0.1, 0.15) is 42.2 Å². The lowest BCUT2D eigenvalue weighted by Crippen LogP contribution is -2.18. The summed E-state index contributed by atoms with van der Waals surface area (Å²) in [7, 11) is 1.33. The van der Waals surface area contributed by atoms with E-state index in [0.717, 1.165) is 36.9 Å². The zero-order chi connectivity index (χ0) is 27.1. The number of amidine groups is 2. The van der Waals surface area contributed by atoms with E-state index in [2.05, 4.69) is 26.8 Å². The molecular formula is C24H23F2N7O3S. The third kappa shape index (κ3) is 7.84. The first-order chi connectivity index (χ1) is 17.6. The first-order valence-electron chi connectivity index (χ1n) is 10.8. The van der Waals surface area contributed by atoms with E-state index < -0.39 is 18.0 Å². The van der Waals surface area contributed by atoms with Gasteiger partial charge >= 0.3 is 0 Å². The smallest absolute Gasteiger partial charge is 0.293 e. The number of thioether (sulfide) groups is 1. The van der Waals surface area contributed by atoms with Gasteiger partial charge in [-0.15, -0.1) is 0 Å². The maximum atomic E-state index is 13.4. The summed E-state index contributed by atoms with van der Waals surface area (Å²) < 4.78 is 37.1. The van der Waals surface area contributed by atoms with Crippen LogP contribution in [0.15, 0.2) is 40.4 Å². The second-order valence-electron chi connectivity index (χ2n) is 7.68. The van der Waals surface area contributed by atoms with E-state index in [1.807, 2.05) is 0 Å². The molecule has 6 N–H and O–H groups in total. The molecule has 0 aliphatic heterocycles. The number of amides is 1. The Bertz CT molecular complexity index is 1360. The maximum Gasteiger partial charge on any atom is 0.293 e. The molecule has 1 aliphatic carbocycles. The summed E-state index contributed by atoms with van der Waals surface area (Å²) in [6.45, 7) is 1.36. The number of halogens is 2. The van der Waals surface area contributed by atoms with Gasteiger partial charge in [0.2, 0.25) is 0 Å². The SMILES string of the molecule is COc1cnc(C(F)F)cc1-c1cc(N=C(N)OC(C)=N)ccc1C(=O)N=C(N)SC(=N)C#CC1CC1. The third-order valence-electron chi connectivity index (χ3n) is 4.74. The Morgan fingerprint density at radius 2 is 1.97 bits per heavy atom. The summed E-state index contributed by atoms with van der Waals surface area (Å²) in [5, 5.41) is 15.0. The number of pyridine rings is 1. The van der Waals surface area contributed by atoms with Crippen LogP contribution in [0.2, 0.25) is 0 Å². The van der Waals surface area contributed by atoms with Crippen molar-refractivity contribution in [2.24, 2.45) is 27.4 Å². The second-order valence-corrected chi connectivity index (χ2v) is 8.71. The molecule has 1 aliphatic rings.